The smallest absolute Gasteiger partial charge is 0.169 e. The lowest BCUT2D eigenvalue weighted by Gasteiger charge is -2.09. The molecular weight excluding hydrogens is 236 g/mol. The van der Waals surface area contributed by atoms with Gasteiger partial charge in [-0.1, -0.05) is 11.8 Å². The minimum Gasteiger partial charge on any atom is -0.511 e. The number of allylic oxidation sites excluding steroid dienone is 2. The van der Waals surface area contributed by atoms with Gasteiger partial charge in [-0.15, -0.1) is 0 Å². The third kappa shape index (κ3) is 3.27. The van der Waals surface area contributed by atoms with Gasteiger partial charge in [-0.3, -0.25) is 4.79 Å². The molecule has 0 saturated heterocycles. The molecule has 17 heavy (non-hydrogen) atoms. The molecule has 0 amide bonds. The second-order valence-electron chi connectivity index (χ2n) is 3.98. The number of rotatable bonds is 3. The van der Waals surface area contributed by atoms with Gasteiger partial charge in [0.2, 0.25) is 0 Å². The number of thioether (sulfide) groups is 1. The van der Waals surface area contributed by atoms with E-state index in [1.54, 1.807) is 26.0 Å². The van der Waals surface area contributed by atoms with E-state index >= 15 is 0 Å². The molecule has 1 aromatic rings. The minimum atomic E-state index is -0.168. The van der Waals surface area contributed by atoms with Crippen LogP contribution in [0.2, 0.25) is 0 Å². The number of hydrogen-bond acceptors (Lipinski definition) is 4. The van der Waals surface area contributed by atoms with E-state index < -0.39 is 0 Å². The van der Waals surface area contributed by atoms with Gasteiger partial charge in [0.15, 0.2) is 5.78 Å². The van der Waals surface area contributed by atoms with Gasteiger partial charge in [0.05, 0.1) is 4.91 Å². The molecule has 0 atom stereocenters. The van der Waals surface area contributed by atoms with Crippen LogP contribution in [0.4, 0.5) is 0 Å². The first-order valence-electron chi connectivity index (χ1n) is 5.21. The normalized spacial score (nSPS) is 12.2. The molecule has 1 aromatic carbocycles. The molecule has 1 rings (SSSR count). The van der Waals surface area contributed by atoms with E-state index in [9.17, 15) is 15.0 Å². The molecule has 0 aliphatic heterocycles. The standard InChI is InChI=1S/C13H16O3S/c1-7-5-11(6-8(2)12(7)16)17-13(9(3)14)10(4)15/h5-6,14,16H,1-4H3/b13-9+. The average molecular weight is 252 g/mol. The van der Waals surface area contributed by atoms with Gasteiger partial charge in [-0.05, 0) is 51.0 Å². The molecule has 2 N–H and O–H groups in total. The van der Waals surface area contributed by atoms with Crippen molar-refractivity contribution < 1.29 is 15.0 Å². The average Bonchev–Trinajstić information content (AvgIpc) is 2.21. The molecule has 0 aromatic heterocycles. The van der Waals surface area contributed by atoms with E-state index in [1.165, 1.54) is 25.6 Å². The van der Waals surface area contributed by atoms with E-state index in [0.717, 1.165) is 16.0 Å². The van der Waals surface area contributed by atoms with Crippen LogP contribution >= 0.6 is 11.8 Å². The summed E-state index contributed by atoms with van der Waals surface area (Å²) >= 11 is 1.21. The first-order valence-corrected chi connectivity index (χ1v) is 6.03. The third-order valence-electron chi connectivity index (χ3n) is 2.33. The van der Waals surface area contributed by atoms with Crippen molar-refractivity contribution in [2.75, 3.05) is 0 Å². The zero-order valence-electron chi connectivity index (χ0n) is 10.4. The minimum absolute atomic E-state index is 0.0193. The number of carbonyl (C=O) groups is 1. The number of carbonyl (C=O) groups excluding carboxylic acids is 1. The maximum atomic E-state index is 11.3. The summed E-state index contributed by atoms with van der Waals surface area (Å²) in [5, 5.41) is 19.1. The van der Waals surface area contributed by atoms with Crippen LogP contribution in [0.15, 0.2) is 27.7 Å². The maximum Gasteiger partial charge on any atom is 0.169 e. The molecular formula is C13H16O3S. The molecule has 0 unspecified atom stereocenters. The van der Waals surface area contributed by atoms with Crippen molar-refractivity contribution in [2.24, 2.45) is 0 Å². The topological polar surface area (TPSA) is 57.5 Å². The quantitative estimate of drug-likeness (QED) is 0.491. The third-order valence-corrected chi connectivity index (χ3v) is 3.59. The van der Waals surface area contributed by atoms with Crippen LogP contribution in [0, 0.1) is 13.8 Å². The number of aromatic hydroxyl groups is 1. The predicted octanol–water partition coefficient (Wildman–Crippen LogP) is 3.48. The van der Waals surface area contributed by atoms with E-state index in [4.69, 9.17) is 0 Å². The Morgan fingerprint density at radius 2 is 1.65 bits per heavy atom. The molecule has 0 radical (unpaired) electrons. The Labute approximate surface area is 105 Å². The predicted molar refractivity (Wildman–Crippen MR) is 69.4 cm³/mol. The number of Topliss-reactive ketones (excluding diaryl/α,β-unsaturated/α-hetero) is 1. The summed E-state index contributed by atoms with van der Waals surface area (Å²) in [7, 11) is 0. The SMILES string of the molecule is CC(=O)/C(Sc1cc(C)c(O)c(C)c1)=C(/C)O. The summed E-state index contributed by atoms with van der Waals surface area (Å²) < 4.78 is 0. The van der Waals surface area contributed by atoms with Gasteiger partial charge < -0.3 is 10.2 Å². The highest BCUT2D eigenvalue weighted by Gasteiger charge is 2.12. The van der Waals surface area contributed by atoms with Crippen molar-refractivity contribution in [1.82, 2.24) is 0 Å². The zero-order chi connectivity index (χ0) is 13.2. The van der Waals surface area contributed by atoms with Crippen molar-refractivity contribution in [3.63, 3.8) is 0 Å². The lowest BCUT2D eigenvalue weighted by atomic mass is 10.1. The van der Waals surface area contributed by atoms with Gasteiger partial charge in [-0.2, -0.15) is 0 Å². The van der Waals surface area contributed by atoms with Gasteiger partial charge in [0.1, 0.15) is 11.5 Å². The highest BCUT2D eigenvalue weighted by Crippen LogP contribution is 2.33. The van der Waals surface area contributed by atoms with Crippen molar-refractivity contribution in [3.05, 3.63) is 33.9 Å². The zero-order valence-corrected chi connectivity index (χ0v) is 11.2. The van der Waals surface area contributed by atoms with E-state index in [2.05, 4.69) is 0 Å². The summed E-state index contributed by atoms with van der Waals surface area (Å²) in [6.45, 7) is 6.51. The molecule has 0 saturated carbocycles. The van der Waals surface area contributed by atoms with E-state index in [-0.39, 0.29) is 17.3 Å². The van der Waals surface area contributed by atoms with Crippen LogP contribution < -0.4 is 0 Å². The number of aryl methyl sites for hydroxylation is 2. The van der Waals surface area contributed by atoms with Gasteiger partial charge in [0.25, 0.3) is 0 Å². The molecule has 4 heteroatoms. The highest BCUT2D eigenvalue weighted by atomic mass is 32.2. The van der Waals surface area contributed by atoms with Crippen molar-refractivity contribution in [2.45, 2.75) is 32.6 Å². The second-order valence-corrected chi connectivity index (χ2v) is 5.06. The molecule has 3 nitrogen and oxygen atoms in total. The second kappa shape index (κ2) is 5.27. The summed E-state index contributed by atoms with van der Waals surface area (Å²) in [4.78, 5) is 12.5. The van der Waals surface area contributed by atoms with Crippen LogP contribution in [-0.4, -0.2) is 16.0 Å². The van der Waals surface area contributed by atoms with Gasteiger partial charge in [-0.25, -0.2) is 0 Å². The van der Waals surface area contributed by atoms with Crippen LogP contribution in [0.1, 0.15) is 25.0 Å². The van der Waals surface area contributed by atoms with Gasteiger partial charge in [0, 0.05) is 4.90 Å². The van der Waals surface area contributed by atoms with Crippen LogP contribution in [0.5, 0.6) is 5.75 Å². The lowest BCUT2D eigenvalue weighted by Crippen LogP contribution is -1.96. The maximum absolute atomic E-state index is 11.3. The molecule has 0 aliphatic carbocycles. The fourth-order valence-electron chi connectivity index (χ4n) is 1.49. The number of benzene rings is 1. The number of ketones is 1. The molecule has 0 bridgehead atoms. The lowest BCUT2D eigenvalue weighted by molar-refractivity contribution is -0.113. The van der Waals surface area contributed by atoms with E-state index in [1.807, 2.05) is 0 Å². The Bertz CT molecular complexity index is 462. The van der Waals surface area contributed by atoms with Crippen molar-refractivity contribution in [3.8, 4) is 5.75 Å². The Morgan fingerprint density at radius 3 is 2.00 bits per heavy atom. The number of aliphatic hydroxyl groups is 1. The number of phenolic OH excluding ortho intramolecular Hbond substituents is 1. The summed E-state index contributed by atoms with van der Waals surface area (Å²) in [6, 6.07) is 3.58. The summed E-state index contributed by atoms with van der Waals surface area (Å²) in [5.41, 5.74) is 1.51. The largest absolute Gasteiger partial charge is 0.511 e. The van der Waals surface area contributed by atoms with Crippen molar-refractivity contribution in [1.29, 1.82) is 0 Å². The van der Waals surface area contributed by atoms with Crippen molar-refractivity contribution >= 4 is 17.5 Å². The van der Waals surface area contributed by atoms with Crippen LogP contribution in [0.3, 0.4) is 0 Å². The van der Waals surface area contributed by atoms with E-state index in [0.29, 0.717) is 4.91 Å². The Morgan fingerprint density at radius 1 is 1.18 bits per heavy atom. The molecule has 0 aliphatic rings. The summed E-state index contributed by atoms with van der Waals surface area (Å²) in [6.07, 6.45) is 0. The monoisotopic (exact) mass is 252 g/mol. The highest BCUT2D eigenvalue weighted by molar-refractivity contribution is 8.04. The number of phenols is 1. The van der Waals surface area contributed by atoms with Gasteiger partial charge >= 0.3 is 0 Å². The fourth-order valence-corrected chi connectivity index (χ4v) is 2.49. The van der Waals surface area contributed by atoms with Crippen LogP contribution in [-0.2, 0) is 4.79 Å². The summed E-state index contributed by atoms with van der Waals surface area (Å²) in [5.74, 6) is 0.118. The fraction of sp³-hybridized carbons (Fsp3) is 0.308. The Balaban J connectivity index is 3.12. The first kappa shape index (κ1) is 13.6. The Kier molecular flexibility index (Phi) is 4.23. The molecule has 0 heterocycles. The Hall–Kier alpha value is -1.42. The molecule has 92 valence electrons. The number of hydrogen-bond donors (Lipinski definition) is 2. The number of aliphatic hydroxyl groups excluding tert-OH is 1. The molecule has 0 spiro atoms. The first-order chi connectivity index (χ1) is 7.82. The van der Waals surface area contributed by atoms with Crippen LogP contribution in [0.25, 0.3) is 0 Å². The molecule has 0 fully saturated rings.